The normalized spacial score (nSPS) is 13.6. The van der Waals surface area contributed by atoms with E-state index in [2.05, 4.69) is 27.7 Å². The van der Waals surface area contributed by atoms with E-state index in [0.717, 1.165) is 6.61 Å². The summed E-state index contributed by atoms with van der Waals surface area (Å²) in [4.78, 5) is 0. The molecule has 0 radical (unpaired) electrons. The summed E-state index contributed by atoms with van der Waals surface area (Å²) in [5.74, 6) is 0. The quantitative estimate of drug-likeness (QED) is 0.565. The minimum absolute atomic E-state index is 0.0863. The Morgan fingerprint density at radius 1 is 0.846 bits per heavy atom. The molecule has 13 heavy (non-hydrogen) atoms. The molecule has 0 amide bonds. The number of rotatable bonds is 8. The van der Waals surface area contributed by atoms with Gasteiger partial charge in [0.25, 0.3) is 0 Å². The van der Waals surface area contributed by atoms with Crippen LogP contribution in [0.1, 0.15) is 27.7 Å². The Balaban J connectivity index is 3.56. The van der Waals surface area contributed by atoms with Crippen LogP contribution >= 0.6 is 16.1 Å². The van der Waals surface area contributed by atoms with Crippen LogP contribution in [-0.2, 0) is 4.52 Å². The van der Waals surface area contributed by atoms with Crippen LogP contribution < -0.4 is 0 Å². The molecule has 0 heterocycles. The predicted molar refractivity (Wildman–Crippen MR) is 66.8 cm³/mol. The summed E-state index contributed by atoms with van der Waals surface area (Å²) in [6.45, 7) is 9.90. The average molecular weight is 222 g/mol. The van der Waals surface area contributed by atoms with Gasteiger partial charge in [-0.25, -0.2) is 0 Å². The first kappa shape index (κ1) is 13.8. The second-order valence-corrected chi connectivity index (χ2v) is 8.32. The Labute approximate surface area is 86.2 Å². The lowest BCUT2D eigenvalue weighted by Crippen LogP contribution is -1.99. The van der Waals surface area contributed by atoms with Gasteiger partial charge in [0.1, 0.15) is 0 Å². The van der Waals surface area contributed by atoms with Crippen molar-refractivity contribution in [3.8, 4) is 0 Å². The van der Waals surface area contributed by atoms with Crippen molar-refractivity contribution < 1.29 is 4.52 Å². The minimum atomic E-state index is -0.0863. The summed E-state index contributed by atoms with van der Waals surface area (Å²) in [5, 5.41) is 0. The van der Waals surface area contributed by atoms with Crippen molar-refractivity contribution in [1.29, 1.82) is 0 Å². The van der Waals surface area contributed by atoms with Crippen LogP contribution in [0.25, 0.3) is 0 Å². The number of hydrogen-bond acceptors (Lipinski definition) is 1. The van der Waals surface area contributed by atoms with Crippen molar-refractivity contribution in [2.45, 2.75) is 27.7 Å². The Morgan fingerprint density at radius 2 is 1.46 bits per heavy atom. The van der Waals surface area contributed by atoms with Gasteiger partial charge in [-0.1, -0.05) is 20.8 Å². The van der Waals surface area contributed by atoms with Crippen LogP contribution in [0, 0.1) is 0 Å². The van der Waals surface area contributed by atoms with Crippen molar-refractivity contribution in [3.05, 3.63) is 0 Å². The van der Waals surface area contributed by atoms with Gasteiger partial charge >= 0.3 is 0 Å². The smallest absolute Gasteiger partial charge is 0.0480 e. The zero-order chi connectivity index (χ0) is 10.1. The lowest BCUT2D eigenvalue weighted by Gasteiger charge is -2.18. The lowest BCUT2D eigenvalue weighted by atomic mass is 10.9. The highest BCUT2D eigenvalue weighted by Crippen LogP contribution is 2.42. The van der Waals surface area contributed by atoms with E-state index in [0.29, 0.717) is 7.92 Å². The van der Waals surface area contributed by atoms with Gasteiger partial charge in [-0.05, 0) is 37.7 Å². The minimum Gasteiger partial charge on any atom is -0.360 e. The third kappa shape index (κ3) is 6.83. The van der Waals surface area contributed by atoms with E-state index >= 15 is 0 Å². The SMILES string of the molecule is CCOP(CC)CCP(CC)CC. The van der Waals surface area contributed by atoms with Crippen molar-refractivity contribution in [2.24, 2.45) is 0 Å². The molecule has 0 aliphatic heterocycles. The van der Waals surface area contributed by atoms with E-state index in [1.807, 2.05) is 0 Å². The van der Waals surface area contributed by atoms with E-state index in [-0.39, 0.29) is 8.15 Å². The first-order valence-corrected chi connectivity index (χ1v) is 8.91. The molecule has 0 spiro atoms. The first-order chi connectivity index (χ1) is 6.28. The second-order valence-electron chi connectivity index (χ2n) is 2.97. The predicted octanol–water partition coefficient (Wildman–Crippen LogP) is 3.96. The van der Waals surface area contributed by atoms with E-state index < -0.39 is 0 Å². The van der Waals surface area contributed by atoms with Gasteiger partial charge < -0.3 is 4.52 Å². The second kappa shape index (κ2) is 9.38. The third-order valence-corrected chi connectivity index (χ3v) is 7.27. The fraction of sp³-hybridized carbons (Fsp3) is 1.00. The van der Waals surface area contributed by atoms with Crippen LogP contribution in [-0.4, -0.2) is 37.4 Å². The van der Waals surface area contributed by atoms with Crippen molar-refractivity contribution in [1.82, 2.24) is 0 Å². The molecule has 0 bridgehead atoms. The highest BCUT2D eigenvalue weighted by atomic mass is 31.1. The van der Waals surface area contributed by atoms with Crippen LogP contribution in [0.2, 0.25) is 0 Å². The Morgan fingerprint density at radius 3 is 1.85 bits per heavy atom. The van der Waals surface area contributed by atoms with Gasteiger partial charge in [-0.2, -0.15) is 0 Å². The maximum absolute atomic E-state index is 5.71. The average Bonchev–Trinajstić information content (AvgIpc) is 2.17. The molecule has 1 unspecified atom stereocenters. The lowest BCUT2D eigenvalue weighted by molar-refractivity contribution is 0.379. The molecular formula is C10H24OP2. The molecule has 1 atom stereocenters. The standard InChI is InChI=1S/C10H24OP2/c1-5-11-13(8-4)10-9-12(6-2)7-3/h5-10H2,1-4H3. The van der Waals surface area contributed by atoms with Gasteiger partial charge in [-0.15, -0.1) is 7.92 Å². The Bertz CT molecular complexity index is 105. The summed E-state index contributed by atoms with van der Waals surface area (Å²) in [6, 6.07) is 0. The monoisotopic (exact) mass is 222 g/mol. The molecule has 0 aliphatic carbocycles. The molecular weight excluding hydrogens is 198 g/mol. The van der Waals surface area contributed by atoms with E-state index in [1.54, 1.807) is 0 Å². The molecule has 0 aromatic carbocycles. The molecule has 1 nitrogen and oxygen atoms in total. The summed E-state index contributed by atoms with van der Waals surface area (Å²) in [7, 11) is 0.245. The zero-order valence-electron chi connectivity index (χ0n) is 9.55. The third-order valence-electron chi connectivity index (χ3n) is 2.22. The van der Waals surface area contributed by atoms with Gasteiger partial charge in [0, 0.05) is 14.8 Å². The fourth-order valence-electron chi connectivity index (χ4n) is 1.29. The van der Waals surface area contributed by atoms with E-state index in [9.17, 15) is 0 Å². The summed E-state index contributed by atoms with van der Waals surface area (Å²) in [6.07, 6.45) is 6.80. The molecule has 0 aliphatic rings. The molecule has 0 rings (SSSR count). The van der Waals surface area contributed by atoms with Gasteiger partial charge in [0.15, 0.2) is 0 Å². The molecule has 0 aromatic rings. The van der Waals surface area contributed by atoms with Gasteiger partial charge in [0.05, 0.1) is 0 Å². The Kier molecular flexibility index (Phi) is 9.97. The maximum Gasteiger partial charge on any atom is 0.0480 e. The largest absolute Gasteiger partial charge is 0.360 e. The molecule has 0 aromatic heterocycles. The highest BCUT2D eigenvalue weighted by Gasteiger charge is 2.08. The van der Waals surface area contributed by atoms with Crippen molar-refractivity contribution in [3.63, 3.8) is 0 Å². The summed E-state index contributed by atoms with van der Waals surface area (Å²) >= 11 is 0. The maximum atomic E-state index is 5.71. The Hall–Kier alpha value is 0.820. The molecule has 3 heteroatoms. The fourth-order valence-corrected chi connectivity index (χ4v) is 5.39. The first-order valence-electron chi connectivity index (χ1n) is 5.38. The van der Waals surface area contributed by atoms with Crippen LogP contribution in [0.5, 0.6) is 0 Å². The molecule has 0 saturated heterocycles. The van der Waals surface area contributed by atoms with E-state index in [1.165, 1.54) is 30.8 Å². The van der Waals surface area contributed by atoms with Gasteiger partial charge in [0.2, 0.25) is 0 Å². The number of hydrogen-bond donors (Lipinski definition) is 0. The highest BCUT2D eigenvalue weighted by molar-refractivity contribution is 7.59. The summed E-state index contributed by atoms with van der Waals surface area (Å²) < 4.78 is 5.71. The molecule has 0 N–H and O–H groups in total. The zero-order valence-corrected chi connectivity index (χ0v) is 11.3. The van der Waals surface area contributed by atoms with Crippen LogP contribution in [0.4, 0.5) is 0 Å². The topological polar surface area (TPSA) is 9.23 Å². The van der Waals surface area contributed by atoms with E-state index in [4.69, 9.17) is 4.52 Å². The van der Waals surface area contributed by atoms with Crippen LogP contribution in [0.3, 0.4) is 0 Å². The van der Waals surface area contributed by atoms with Gasteiger partial charge in [-0.3, -0.25) is 0 Å². The van der Waals surface area contributed by atoms with Crippen molar-refractivity contribution >= 4 is 16.1 Å². The van der Waals surface area contributed by atoms with Crippen LogP contribution in [0.15, 0.2) is 0 Å². The molecule has 0 fully saturated rings. The summed E-state index contributed by atoms with van der Waals surface area (Å²) in [5.41, 5.74) is 0. The molecule has 80 valence electrons. The molecule has 0 saturated carbocycles. The van der Waals surface area contributed by atoms with Crippen molar-refractivity contribution in [2.75, 3.05) is 37.4 Å².